The monoisotopic (exact) mass is 283 g/mol. The lowest BCUT2D eigenvalue weighted by molar-refractivity contribution is -0.134. The van der Waals surface area contributed by atoms with Gasteiger partial charge < -0.3 is 9.30 Å². The maximum atomic E-state index is 12.3. The van der Waals surface area contributed by atoms with Crippen molar-refractivity contribution in [3.63, 3.8) is 0 Å². The number of carbonyl (C=O) groups excluding carboxylic acids is 1. The van der Waals surface area contributed by atoms with Crippen LogP contribution in [0.15, 0.2) is 53.5 Å². The van der Waals surface area contributed by atoms with Crippen molar-refractivity contribution in [2.24, 2.45) is 0 Å². The lowest BCUT2D eigenvalue weighted by atomic mass is 10.1. The Morgan fingerprint density at radius 3 is 2.71 bits per heavy atom. The highest BCUT2D eigenvalue weighted by Gasteiger charge is 2.04. The molecular formula is C17H17NO3. The summed E-state index contributed by atoms with van der Waals surface area (Å²) in [7, 11) is 1.30. The molecule has 0 atom stereocenters. The molecule has 0 fully saturated rings. The molecule has 0 bridgehead atoms. The van der Waals surface area contributed by atoms with Crippen LogP contribution in [0.4, 0.5) is 0 Å². The molecule has 0 N–H and O–H groups in total. The second-order valence-electron chi connectivity index (χ2n) is 4.68. The Labute approximate surface area is 123 Å². The molecule has 108 valence electrons. The van der Waals surface area contributed by atoms with Crippen molar-refractivity contribution in [3.05, 3.63) is 75.7 Å². The molecular weight excluding hydrogens is 266 g/mol. The first-order valence-electron chi connectivity index (χ1n) is 6.62. The first-order chi connectivity index (χ1) is 10.1. The van der Waals surface area contributed by atoms with Crippen LogP contribution in [0.25, 0.3) is 6.08 Å². The summed E-state index contributed by atoms with van der Waals surface area (Å²) in [4.78, 5) is 23.4. The van der Waals surface area contributed by atoms with Gasteiger partial charge in [-0.25, -0.2) is 4.79 Å². The standard InChI is InChI=1S/C17H17NO3/c1-13-6-3-4-7-15(13)12-18-11-5-8-14(17(18)20)9-10-16(19)21-2/h3-11H,12H2,1-2H3/b10-9+. The van der Waals surface area contributed by atoms with Crippen LogP contribution in [0.2, 0.25) is 0 Å². The number of benzene rings is 1. The van der Waals surface area contributed by atoms with Crippen LogP contribution in [0, 0.1) is 6.92 Å². The van der Waals surface area contributed by atoms with E-state index in [9.17, 15) is 9.59 Å². The van der Waals surface area contributed by atoms with Crippen LogP contribution in [0.3, 0.4) is 0 Å². The molecule has 1 heterocycles. The van der Waals surface area contributed by atoms with Crippen LogP contribution in [0.1, 0.15) is 16.7 Å². The van der Waals surface area contributed by atoms with Crippen molar-refractivity contribution in [1.82, 2.24) is 4.57 Å². The van der Waals surface area contributed by atoms with E-state index in [4.69, 9.17) is 0 Å². The van der Waals surface area contributed by atoms with Crippen molar-refractivity contribution >= 4 is 12.0 Å². The molecule has 0 saturated carbocycles. The molecule has 2 rings (SSSR count). The van der Waals surface area contributed by atoms with Crippen molar-refractivity contribution in [3.8, 4) is 0 Å². The number of hydrogen-bond donors (Lipinski definition) is 0. The first-order valence-corrected chi connectivity index (χ1v) is 6.62. The molecule has 0 unspecified atom stereocenters. The molecule has 2 aromatic rings. The van der Waals surface area contributed by atoms with Gasteiger partial charge in [0.05, 0.1) is 13.7 Å². The minimum absolute atomic E-state index is 0.138. The van der Waals surface area contributed by atoms with Gasteiger partial charge in [-0.3, -0.25) is 4.79 Å². The summed E-state index contributed by atoms with van der Waals surface area (Å²) in [5, 5.41) is 0. The summed E-state index contributed by atoms with van der Waals surface area (Å²) in [6.45, 7) is 2.52. The fraction of sp³-hybridized carbons (Fsp3) is 0.176. The van der Waals surface area contributed by atoms with Crippen molar-refractivity contribution in [2.75, 3.05) is 7.11 Å². The Bertz CT molecular complexity index is 729. The molecule has 4 nitrogen and oxygen atoms in total. The Hall–Kier alpha value is -2.62. The smallest absolute Gasteiger partial charge is 0.330 e. The zero-order valence-corrected chi connectivity index (χ0v) is 12.1. The van der Waals surface area contributed by atoms with E-state index in [-0.39, 0.29) is 5.56 Å². The van der Waals surface area contributed by atoms with Gasteiger partial charge in [-0.15, -0.1) is 0 Å². The van der Waals surface area contributed by atoms with Gasteiger partial charge in [0.2, 0.25) is 0 Å². The van der Waals surface area contributed by atoms with E-state index in [1.807, 2.05) is 31.2 Å². The second-order valence-corrected chi connectivity index (χ2v) is 4.68. The number of carbonyl (C=O) groups is 1. The summed E-state index contributed by atoms with van der Waals surface area (Å²) >= 11 is 0. The van der Waals surface area contributed by atoms with E-state index in [0.717, 1.165) is 11.1 Å². The number of methoxy groups -OCH3 is 1. The molecule has 0 saturated heterocycles. The SMILES string of the molecule is COC(=O)/C=C/c1cccn(Cc2ccccc2C)c1=O. The molecule has 0 aliphatic carbocycles. The molecule has 0 radical (unpaired) electrons. The van der Waals surface area contributed by atoms with E-state index in [0.29, 0.717) is 12.1 Å². The van der Waals surface area contributed by atoms with Gasteiger partial charge in [0.1, 0.15) is 0 Å². The molecule has 4 heteroatoms. The maximum Gasteiger partial charge on any atom is 0.330 e. The van der Waals surface area contributed by atoms with Gasteiger partial charge in [-0.1, -0.05) is 24.3 Å². The number of aryl methyl sites for hydroxylation is 1. The topological polar surface area (TPSA) is 48.3 Å². The van der Waals surface area contributed by atoms with Gasteiger partial charge in [-0.05, 0) is 36.3 Å². The van der Waals surface area contributed by atoms with Crippen LogP contribution in [0.5, 0.6) is 0 Å². The van der Waals surface area contributed by atoms with E-state index in [1.165, 1.54) is 19.3 Å². The third-order valence-corrected chi connectivity index (χ3v) is 3.25. The van der Waals surface area contributed by atoms with E-state index < -0.39 is 5.97 Å². The van der Waals surface area contributed by atoms with Crippen molar-refractivity contribution in [2.45, 2.75) is 13.5 Å². The summed E-state index contributed by atoms with van der Waals surface area (Å²) < 4.78 is 6.14. The number of hydrogen-bond acceptors (Lipinski definition) is 3. The van der Waals surface area contributed by atoms with Crippen LogP contribution < -0.4 is 5.56 Å². The predicted octanol–water partition coefficient (Wildman–Crippen LogP) is 2.39. The highest BCUT2D eigenvalue weighted by molar-refractivity contribution is 5.86. The largest absolute Gasteiger partial charge is 0.466 e. The summed E-state index contributed by atoms with van der Waals surface area (Å²) in [6, 6.07) is 11.4. The van der Waals surface area contributed by atoms with Crippen molar-refractivity contribution in [1.29, 1.82) is 0 Å². The second kappa shape index (κ2) is 6.70. The molecule has 0 aliphatic rings. The number of nitrogens with zero attached hydrogens (tertiary/aromatic N) is 1. The van der Waals surface area contributed by atoms with Crippen LogP contribution in [-0.4, -0.2) is 17.6 Å². The Morgan fingerprint density at radius 2 is 2.00 bits per heavy atom. The molecule has 1 aromatic heterocycles. The summed E-state index contributed by atoms with van der Waals surface area (Å²) in [6.07, 6.45) is 4.46. The van der Waals surface area contributed by atoms with Gasteiger partial charge in [-0.2, -0.15) is 0 Å². The third-order valence-electron chi connectivity index (χ3n) is 3.25. The zero-order chi connectivity index (χ0) is 15.2. The number of esters is 1. The lowest BCUT2D eigenvalue weighted by Gasteiger charge is -2.09. The summed E-state index contributed by atoms with van der Waals surface area (Å²) in [5.41, 5.74) is 2.55. The Balaban J connectivity index is 2.30. The molecule has 1 aromatic carbocycles. The first kappa shape index (κ1) is 14.8. The highest BCUT2D eigenvalue weighted by Crippen LogP contribution is 2.08. The average Bonchev–Trinajstić information content (AvgIpc) is 2.50. The Kier molecular flexibility index (Phi) is 4.72. The average molecular weight is 283 g/mol. The number of ether oxygens (including phenoxy) is 1. The zero-order valence-electron chi connectivity index (χ0n) is 12.1. The minimum atomic E-state index is -0.483. The third kappa shape index (κ3) is 3.69. The van der Waals surface area contributed by atoms with E-state index >= 15 is 0 Å². The van der Waals surface area contributed by atoms with Crippen LogP contribution in [-0.2, 0) is 16.1 Å². The summed E-state index contributed by atoms with van der Waals surface area (Å²) in [5.74, 6) is -0.483. The van der Waals surface area contributed by atoms with Gasteiger partial charge in [0.25, 0.3) is 5.56 Å². The van der Waals surface area contributed by atoms with Gasteiger partial charge in [0.15, 0.2) is 0 Å². The molecule has 0 spiro atoms. The van der Waals surface area contributed by atoms with Crippen molar-refractivity contribution < 1.29 is 9.53 Å². The molecule has 21 heavy (non-hydrogen) atoms. The molecule has 0 amide bonds. The Morgan fingerprint density at radius 1 is 1.24 bits per heavy atom. The van der Waals surface area contributed by atoms with E-state index in [2.05, 4.69) is 4.74 Å². The minimum Gasteiger partial charge on any atom is -0.466 e. The predicted molar refractivity (Wildman–Crippen MR) is 82.0 cm³/mol. The molecule has 0 aliphatic heterocycles. The van der Waals surface area contributed by atoms with Gasteiger partial charge in [0, 0.05) is 17.8 Å². The van der Waals surface area contributed by atoms with Crippen LogP contribution >= 0.6 is 0 Å². The highest BCUT2D eigenvalue weighted by atomic mass is 16.5. The quantitative estimate of drug-likeness (QED) is 0.639. The van der Waals surface area contributed by atoms with E-state index in [1.54, 1.807) is 22.9 Å². The fourth-order valence-electron chi connectivity index (χ4n) is 2.00. The normalized spacial score (nSPS) is 10.8. The number of rotatable bonds is 4. The fourth-order valence-corrected chi connectivity index (χ4v) is 2.00. The lowest BCUT2D eigenvalue weighted by Crippen LogP contribution is -2.22. The number of aromatic nitrogens is 1. The maximum absolute atomic E-state index is 12.3. The van der Waals surface area contributed by atoms with Gasteiger partial charge >= 0.3 is 5.97 Å². The number of pyridine rings is 1.